The van der Waals surface area contributed by atoms with Gasteiger partial charge in [0.1, 0.15) is 0 Å². The number of amides is 2. The van der Waals surface area contributed by atoms with E-state index >= 15 is 0 Å². The summed E-state index contributed by atoms with van der Waals surface area (Å²) in [5, 5.41) is 19.1. The molecule has 0 spiro atoms. The van der Waals surface area contributed by atoms with E-state index in [9.17, 15) is 14.7 Å². The molecule has 1 heterocycles. The molecule has 1 aliphatic heterocycles. The van der Waals surface area contributed by atoms with Crippen LogP contribution in [0.2, 0.25) is 5.21 Å². The zero-order valence-electron chi connectivity index (χ0n) is 22.5. The molecule has 7 heteroatoms. The first-order chi connectivity index (χ1) is 19.0. The Morgan fingerprint density at radius 2 is 1.87 bits per heavy atom. The summed E-state index contributed by atoms with van der Waals surface area (Å²) in [4.78, 5) is 27.9. The predicted octanol–water partition coefficient (Wildman–Crippen LogP) is 3.56. The van der Waals surface area contributed by atoms with Gasteiger partial charge in [0.15, 0.2) is 0 Å². The molecule has 3 atom stereocenters. The van der Waals surface area contributed by atoms with Crippen LogP contribution in [0.25, 0.3) is 0 Å². The van der Waals surface area contributed by atoms with Crippen LogP contribution in [0.4, 0.5) is 5.69 Å². The quantitative estimate of drug-likeness (QED) is 0.301. The average molecular weight is 587 g/mol. The zero-order valence-corrected chi connectivity index (χ0v) is 24.4. The molecule has 1 radical (unpaired) electrons. The van der Waals surface area contributed by atoms with E-state index in [4.69, 9.17) is 0 Å². The summed E-state index contributed by atoms with van der Waals surface area (Å²) in [6.45, 7) is 3.22. The SMILES string of the molecule is CC[As]c1cc(C(=O)N[C@@H](Cc2ccccc2)[C@H](O)CN[C@@H]2CCc3ccccc32)cc(N2CCCC2=O)c1. The minimum absolute atomic E-state index is 0.0854. The summed E-state index contributed by atoms with van der Waals surface area (Å²) >= 11 is -0.0854. The first-order valence-corrected chi connectivity index (χ1v) is 16.3. The van der Waals surface area contributed by atoms with E-state index in [2.05, 4.69) is 47.9 Å². The second kappa shape index (κ2) is 13.0. The third kappa shape index (κ3) is 6.81. The van der Waals surface area contributed by atoms with Crippen molar-refractivity contribution in [2.24, 2.45) is 0 Å². The molecule has 0 saturated carbocycles. The first-order valence-electron chi connectivity index (χ1n) is 14.0. The van der Waals surface area contributed by atoms with Gasteiger partial charge in [-0.3, -0.25) is 0 Å². The summed E-state index contributed by atoms with van der Waals surface area (Å²) in [5.74, 6) is -0.101. The molecule has 3 aromatic carbocycles. The van der Waals surface area contributed by atoms with Gasteiger partial charge in [-0.05, 0) is 0 Å². The standard InChI is InChI=1S/C32H37AsN3O3/c1-2-33-25-18-24(19-26(20-25)36-16-8-13-31(36)38)32(39)35-29(17-22-9-4-3-5-10-22)30(37)21-34-28-15-14-23-11-6-7-12-27(23)28/h3-7,9-12,18-20,28-30,34,37H,2,8,13-17,21H2,1H3,(H,35,39)/t28-,29+,30-/m1/s1. The van der Waals surface area contributed by atoms with Crippen LogP contribution in [0.15, 0.2) is 72.8 Å². The predicted molar refractivity (Wildman–Crippen MR) is 157 cm³/mol. The van der Waals surface area contributed by atoms with E-state index in [0.29, 0.717) is 31.5 Å². The normalized spacial score (nSPS) is 18.5. The van der Waals surface area contributed by atoms with Gasteiger partial charge in [0.2, 0.25) is 0 Å². The summed E-state index contributed by atoms with van der Waals surface area (Å²) in [7, 11) is 0. The van der Waals surface area contributed by atoms with Crippen molar-refractivity contribution in [3.05, 3.63) is 95.1 Å². The number of nitrogens with one attached hydrogen (secondary N) is 2. The molecular weight excluding hydrogens is 549 g/mol. The fourth-order valence-corrected chi connectivity index (χ4v) is 7.37. The Bertz CT molecular complexity index is 1300. The molecule has 1 aliphatic carbocycles. The Kier molecular flexibility index (Phi) is 9.18. The number of anilines is 1. The molecule has 39 heavy (non-hydrogen) atoms. The van der Waals surface area contributed by atoms with Crippen LogP contribution in [0.1, 0.15) is 59.3 Å². The molecule has 203 valence electrons. The van der Waals surface area contributed by atoms with Crippen molar-refractivity contribution >= 4 is 37.6 Å². The topological polar surface area (TPSA) is 81.7 Å². The average Bonchev–Trinajstić information content (AvgIpc) is 3.58. The van der Waals surface area contributed by atoms with Crippen molar-refractivity contribution in [1.82, 2.24) is 10.6 Å². The van der Waals surface area contributed by atoms with Crippen LogP contribution in [0.5, 0.6) is 0 Å². The Balaban J connectivity index is 1.33. The third-order valence-electron chi connectivity index (χ3n) is 7.68. The van der Waals surface area contributed by atoms with Crippen molar-refractivity contribution in [3.8, 4) is 0 Å². The van der Waals surface area contributed by atoms with E-state index in [1.54, 1.807) is 4.90 Å². The van der Waals surface area contributed by atoms with Crippen molar-refractivity contribution in [3.63, 3.8) is 0 Å². The summed E-state index contributed by atoms with van der Waals surface area (Å²) < 4.78 is 1.14. The number of fused-ring (bicyclic) bond motifs is 1. The van der Waals surface area contributed by atoms with Crippen LogP contribution < -0.4 is 19.9 Å². The van der Waals surface area contributed by atoms with E-state index < -0.39 is 12.1 Å². The molecule has 0 unspecified atom stereocenters. The molecule has 2 amide bonds. The molecule has 0 aromatic heterocycles. The van der Waals surface area contributed by atoms with Gasteiger partial charge in [0.05, 0.1) is 0 Å². The fourth-order valence-electron chi connectivity index (χ4n) is 5.65. The number of aryl methyl sites for hydroxylation is 1. The van der Waals surface area contributed by atoms with Gasteiger partial charge in [-0.25, -0.2) is 0 Å². The maximum absolute atomic E-state index is 13.6. The van der Waals surface area contributed by atoms with E-state index in [0.717, 1.165) is 40.1 Å². The first kappa shape index (κ1) is 27.6. The van der Waals surface area contributed by atoms with E-state index in [-0.39, 0.29) is 33.6 Å². The molecule has 1 saturated heterocycles. The molecular formula is C32H37AsN3O3. The van der Waals surface area contributed by atoms with Crippen molar-refractivity contribution in [2.45, 2.75) is 62.4 Å². The Hall–Kier alpha value is -2.92. The summed E-state index contributed by atoms with van der Waals surface area (Å²) in [6.07, 6.45) is 3.19. The molecule has 3 aromatic rings. The number of hydrogen-bond donors (Lipinski definition) is 3. The molecule has 6 nitrogen and oxygen atoms in total. The number of carbonyl (C=O) groups is 2. The number of aliphatic hydroxyl groups is 1. The summed E-state index contributed by atoms with van der Waals surface area (Å²) in [5.41, 5.74) is 5.08. The van der Waals surface area contributed by atoms with Crippen LogP contribution in [0, 0.1) is 0 Å². The summed E-state index contributed by atoms with van der Waals surface area (Å²) in [6, 6.07) is 24.0. The number of aliphatic hydroxyl groups excluding tert-OH is 1. The Labute approximate surface area is 237 Å². The van der Waals surface area contributed by atoms with Gasteiger partial charge in [0.25, 0.3) is 0 Å². The fraction of sp³-hybridized carbons (Fsp3) is 0.375. The van der Waals surface area contributed by atoms with Crippen molar-refractivity contribution in [2.75, 3.05) is 18.0 Å². The van der Waals surface area contributed by atoms with E-state index in [1.165, 1.54) is 11.1 Å². The third-order valence-corrected chi connectivity index (χ3v) is 9.65. The Morgan fingerprint density at radius 3 is 2.64 bits per heavy atom. The number of carbonyl (C=O) groups excluding carboxylic acids is 2. The zero-order chi connectivity index (χ0) is 27.2. The minimum atomic E-state index is -0.772. The van der Waals surface area contributed by atoms with Gasteiger partial charge in [-0.15, -0.1) is 0 Å². The molecule has 2 aliphatic rings. The van der Waals surface area contributed by atoms with Gasteiger partial charge < -0.3 is 0 Å². The van der Waals surface area contributed by atoms with Crippen LogP contribution in [0.3, 0.4) is 0 Å². The molecule has 5 rings (SSSR count). The number of rotatable bonds is 11. The second-order valence-electron chi connectivity index (χ2n) is 10.4. The van der Waals surface area contributed by atoms with E-state index in [1.807, 2.05) is 42.5 Å². The van der Waals surface area contributed by atoms with Crippen molar-refractivity contribution in [1.29, 1.82) is 0 Å². The van der Waals surface area contributed by atoms with Crippen LogP contribution >= 0.6 is 0 Å². The molecule has 3 N–H and O–H groups in total. The maximum atomic E-state index is 13.6. The van der Waals surface area contributed by atoms with Gasteiger partial charge in [0, 0.05) is 0 Å². The van der Waals surface area contributed by atoms with Crippen molar-refractivity contribution < 1.29 is 14.7 Å². The molecule has 0 bridgehead atoms. The van der Waals surface area contributed by atoms with Crippen LogP contribution in [-0.4, -0.2) is 57.9 Å². The second-order valence-corrected chi connectivity index (χ2v) is 13.5. The number of hydrogen-bond acceptors (Lipinski definition) is 4. The van der Waals surface area contributed by atoms with Gasteiger partial charge in [-0.2, -0.15) is 0 Å². The molecule has 1 fully saturated rings. The van der Waals surface area contributed by atoms with Gasteiger partial charge in [-0.1, -0.05) is 18.2 Å². The number of nitrogens with zero attached hydrogens (tertiary/aromatic N) is 1. The van der Waals surface area contributed by atoms with Crippen LogP contribution in [-0.2, 0) is 17.6 Å². The van der Waals surface area contributed by atoms with Gasteiger partial charge >= 0.3 is 220 Å². The Morgan fingerprint density at radius 1 is 1.08 bits per heavy atom. The monoisotopic (exact) mass is 586 g/mol. The number of benzene rings is 3.